The fourth-order valence-electron chi connectivity index (χ4n) is 1.48. The number of Topliss-reactive ketones (excluding diaryl/α,β-unsaturated/α-hetero) is 1. The number of halogens is 2. The topological polar surface area (TPSA) is 30.0 Å². The van der Waals surface area contributed by atoms with Crippen LogP contribution < -0.4 is 0 Å². The Morgan fingerprint density at radius 2 is 1.94 bits per heavy atom. The number of hydrogen-bond donors (Lipinski definition) is 0. The first-order valence-electron chi connectivity index (χ1n) is 5.04. The molecule has 0 atom stereocenters. The Labute approximate surface area is 107 Å². The summed E-state index contributed by atoms with van der Waals surface area (Å²) in [5, 5.41) is 0. The van der Waals surface area contributed by atoms with Gasteiger partial charge in [0.1, 0.15) is 10.4 Å². The molecule has 2 aromatic rings. The van der Waals surface area contributed by atoms with Crippen molar-refractivity contribution in [3.05, 3.63) is 64.1 Å². The lowest BCUT2D eigenvalue weighted by Gasteiger charge is -2.01. The van der Waals surface area contributed by atoms with Crippen molar-refractivity contribution in [1.29, 1.82) is 0 Å². The summed E-state index contributed by atoms with van der Waals surface area (Å²) in [6.07, 6.45) is 1.92. The molecule has 0 aliphatic rings. The number of aromatic nitrogens is 1. The summed E-state index contributed by atoms with van der Waals surface area (Å²) in [4.78, 5) is 15.9. The van der Waals surface area contributed by atoms with Gasteiger partial charge in [-0.05, 0) is 57.9 Å². The Bertz CT molecular complexity index is 539. The van der Waals surface area contributed by atoms with Crippen molar-refractivity contribution in [1.82, 2.24) is 4.98 Å². The van der Waals surface area contributed by atoms with Gasteiger partial charge in [-0.3, -0.25) is 4.79 Å². The molecule has 17 heavy (non-hydrogen) atoms. The third kappa shape index (κ3) is 3.20. The molecule has 4 heteroatoms. The second kappa shape index (κ2) is 5.19. The molecule has 2 nitrogen and oxygen atoms in total. The third-order valence-electron chi connectivity index (χ3n) is 2.32. The number of rotatable bonds is 3. The van der Waals surface area contributed by atoms with E-state index in [4.69, 9.17) is 0 Å². The van der Waals surface area contributed by atoms with Gasteiger partial charge in [0.05, 0.1) is 0 Å². The Morgan fingerprint density at radius 1 is 1.24 bits per heavy atom. The molecule has 2 rings (SSSR count). The molecule has 1 aromatic heterocycles. The minimum Gasteiger partial charge on any atom is -0.294 e. The quantitative estimate of drug-likeness (QED) is 0.641. The molecule has 1 aromatic carbocycles. The van der Waals surface area contributed by atoms with Gasteiger partial charge in [-0.2, -0.15) is 0 Å². The van der Waals surface area contributed by atoms with E-state index in [1.165, 1.54) is 24.3 Å². The third-order valence-corrected chi connectivity index (χ3v) is 2.76. The van der Waals surface area contributed by atoms with Crippen LogP contribution >= 0.6 is 15.9 Å². The molecular formula is C13H9BrFNO. The van der Waals surface area contributed by atoms with Crippen LogP contribution in [-0.4, -0.2) is 10.8 Å². The molecule has 0 aliphatic carbocycles. The zero-order valence-corrected chi connectivity index (χ0v) is 10.4. The van der Waals surface area contributed by atoms with E-state index in [0.717, 1.165) is 5.56 Å². The molecule has 0 spiro atoms. The number of carbonyl (C=O) groups excluding carboxylic acids is 1. The average molecular weight is 294 g/mol. The van der Waals surface area contributed by atoms with E-state index in [9.17, 15) is 9.18 Å². The molecule has 0 saturated heterocycles. The molecule has 86 valence electrons. The summed E-state index contributed by atoms with van der Waals surface area (Å²) in [5.41, 5.74) is 1.39. The molecule has 0 amide bonds. The fourth-order valence-corrected chi connectivity index (χ4v) is 1.89. The second-order valence-electron chi connectivity index (χ2n) is 3.59. The summed E-state index contributed by atoms with van der Waals surface area (Å²) < 4.78 is 13.4. The van der Waals surface area contributed by atoms with Crippen LogP contribution in [0.4, 0.5) is 4.39 Å². The van der Waals surface area contributed by atoms with Crippen molar-refractivity contribution in [2.75, 3.05) is 0 Å². The molecule has 0 radical (unpaired) electrons. The first-order chi connectivity index (χ1) is 8.15. The summed E-state index contributed by atoms with van der Waals surface area (Å²) >= 11 is 3.25. The van der Waals surface area contributed by atoms with Crippen molar-refractivity contribution in [3.63, 3.8) is 0 Å². The maximum absolute atomic E-state index is 12.7. The summed E-state index contributed by atoms with van der Waals surface area (Å²) in [7, 11) is 0. The lowest BCUT2D eigenvalue weighted by molar-refractivity contribution is 0.0993. The highest BCUT2D eigenvalue weighted by atomic mass is 79.9. The van der Waals surface area contributed by atoms with Crippen LogP contribution in [0.5, 0.6) is 0 Å². The van der Waals surface area contributed by atoms with E-state index in [2.05, 4.69) is 20.9 Å². The largest absolute Gasteiger partial charge is 0.294 e. The minimum absolute atomic E-state index is 0.0388. The van der Waals surface area contributed by atoms with Crippen LogP contribution in [0, 0.1) is 5.82 Å². The number of pyridine rings is 1. The van der Waals surface area contributed by atoms with Crippen LogP contribution in [0.3, 0.4) is 0 Å². The zero-order chi connectivity index (χ0) is 12.3. The van der Waals surface area contributed by atoms with Gasteiger partial charge in [0.15, 0.2) is 5.78 Å². The Balaban J connectivity index is 2.14. The van der Waals surface area contributed by atoms with Crippen molar-refractivity contribution in [2.24, 2.45) is 0 Å². The minimum atomic E-state index is -0.340. The van der Waals surface area contributed by atoms with E-state index in [1.54, 1.807) is 18.3 Å². The van der Waals surface area contributed by atoms with Crippen LogP contribution in [0.2, 0.25) is 0 Å². The number of hydrogen-bond acceptors (Lipinski definition) is 2. The number of ketones is 1. The fraction of sp³-hybridized carbons (Fsp3) is 0.0769. The standard InChI is InChI=1S/C13H9BrFNO/c14-13-8-9(5-6-16-13)7-12(17)10-1-3-11(15)4-2-10/h1-6,8H,7H2. The van der Waals surface area contributed by atoms with Gasteiger partial charge in [0.2, 0.25) is 0 Å². The van der Waals surface area contributed by atoms with E-state index in [0.29, 0.717) is 10.2 Å². The van der Waals surface area contributed by atoms with Crippen LogP contribution in [0.15, 0.2) is 47.2 Å². The molecule has 0 saturated carbocycles. The molecule has 0 N–H and O–H groups in total. The highest BCUT2D eigenvalue weighted by Crippen LogP contribution is 2.12. The van der Waals surface area contributed by atoms with Gasteiger partial charge in [-0.25, -0.2) is 9.37 Å². The second-order valence-corrected chi connectivity index (χ2v) is 4.41. The first kappa shape index (κ1) is 11.9. The van der Waals surface area contributed by atoms with Gasteiger partial charge in [-0.1, -0.05) is 0 Å². The van der Waals surface area contributed by atoms with E-state index < -0.39 is 0 Å². The van der Waals surface area contributed by atoms with Gasteiger partial charge >= 0.3 is 0 Å². The molecule has 0 aliphatic heterocycles. The Kier molecular flexibility index (Phi) is 3.64. The Morgan fingerprint density at radius 3 is 2.59 bits per heavy atom. The van der Waals surface area contributed by atoms with E-state index >= 15 is 0 Å². The SMILES string of the molecule is O=C(Cc1ccnc(Br)c1)c1ccc(F)cc1. The maximum Gasteiger partial charge on any atom is 0.167 e. The lowest BCUT2D eigenvalue weighted by atomic mass is 10.0. The number of nitrogens with zero attached hydrogens (tertiary/aromatic N) is 1. The van der Waals surface area contributed by atoms with Gasteiger partial charge in [0.25, 0.3) is 0 Å². The normalized spacial score (nSPS) is 10.2. The monoisotopic (exact) mass is 293 g/mol. The average Bonchev–Trinajstić information content (AvgIpc) is 2.29. The predicted molar refractivity (Wildman–Crippen MR) is 66.4 cm³/mol. The molecule has 0 fully saturated rings. The van der Waals surface area contributed by atoms with Crippen LogP contribution in [0.1, 0.15) is 15.9 Å². The molecule has 0 unspecified atom stereocenters. The number of benzene rings is 1. The number of carbonyl (C=O) groups is 1. The summed E-state index contributed by atoms with van der Waals surface area (Å²) in [6.45, 7) is 0. The van der Waals surface area contributed by atoms with Crippen molar-refractivity contribution >= 4 is 21.7 Å². The highest BCUT2D eigenvalue weighted by Gasteiger charge is 2.07. The molecular weight excluding hydrogens is 285 g/mol. The highest BCUT2D eigenvalue weighted by molar-refractivity contribution is 9.10. The van der Waals surface area contributed by atoms with Gasteiger partial charge < -0.3 is 0 Å². The zero-order valence-electron chi connectivity index (χ0n) is 8.86. The summed E-state index contributed by atoms with van der Waals surface area (Å²) in [5.74, 6) is -0.378. The predicted octanol–water partition coefficient (Wildman–Crippen LogP) is 3.41. The van der Waals surface area contributed by atoms with Gasteiger partial charge in [-0.15, -0.1) is 0 Å². The van der Waals surface area contributed by atoms with Crippen LogP contribution in [0.25, 0.3) is 0 Å². The van der Waals surface area contributed by atoms with E-state index in [-0.39, 0.29) is 18.0 Å². The van der Waals surface area contributed by atoms with Crippen molar-refractivity contribution in [2.45, 2.75) is 6.42 Å². The smallest absolute Gasteiger partial charge is 0.167 e. The maximum atomic E-state index is 12.7. The van der Waals surface area contributed by atoms with Crippen molar-refractivity contribution in [3.8, 4) is 0 Å². The summed E-state index contributed by atoms with van der Waals surface area (Å²) in [6, 6.07) is 9.14. The Hall–Kier alpha value is -1.55. The lowest BCUT2D eigenvalue weighted by Crippen LogP contribution is -2.03. The van der Waals surface area contributed by atoms with Gasteiger partial charge in [0, 0.05) is 18.2 Å². The van der Waals surface area contributed by atoms with Crippen molar-refractivity contribution < 1.29 is 9.18 Å². The van der Waals surface area contributed by atoms with Crippen LogP contribution in [-0.2, 0) is 6.42 Å². The molecule has 1 heterocycles. The van der Waals surface area contributed by atoms with E-state index in [1.807, 2.05) is 0 Å². The first-order valence-corrected chi connectivity index (χ1v) is 5.83. The molecule has 0 bridgehead atoms.